The molecule has 1 aromatic rings. The van der Waals surface area contributed by atoms with Crippen LogP contribution in [0, 0.1) is 0 Å². The Hall–Kier alpha value is 0.0700. The van der Waals surface area contributed by atoms with Gasteiger partial charge in [-0.1, -0.05) is 11.6 Å². The molecule has 2 heterocycles. The summed E-state index contributed by atoms with van der Waals surface area (Å²) in [7, 11) is 0. The highest BCUT2D eigenvalue weighted by Crippen LogP contribution is 2.37. The fraction of sp³-hybridized carbons (Fsp3) is 0.667. The van der Waals surface area contributed by atoms with Crippen LogP contribution in [0.15, 0.2) is 5.38 Å². The Bertz CT molecular complexity index is 308. The van der Waals surface area contributed by atoms with E-state index in [0.717, 1.165) is 11.7 Å². The smallest absolute Gasteiger partial charge is 0.184 e. The number of thioether (sulfide) groups is 1. The number of aromatic nitrogens is 1. The van der Waals surface area contributed by atoms with E-state index in [9.17, 15) is 0 Å². The van der Waals surface area contributed by atoms with Crippen LogP contribution < -0.4 is 5.32 Å². The molecule has 1 unspecified atom stereocenters. The summed E-state index contributed by atoms with van der Waals surface area (Å²) < 4.78 is 0.387. The van der Waals surface area contributed by atoms with Crippen LogP contribution in [-0.2, 0) is 0 Å². The van der Waals surface area contributed by atoms with Gasteiger partial charge in [0.25, 0.3) is 0 Å². The first-order valence-electron chi connectivity index (χ1n) is 4.67. The normalized spacial score (nSPS) is 26.7. The van der Waals surface area contributed by atoms with Crippen LogP contribution in [0.5, 0.6) is 0 Å². The minimum absolute atomic E-state index is 0.387. The maximum atomic E-state index is 5.74. The average molecular weight is 249 g/mol. The molecule has 1 atom stereocenters. The number of hydrogen-bond acceptors (Lipinski definition) is 4. The van der Waals surface area contributed by atoms with Gasteiger partial charge in [0.15, 0.2) is 5.13 Å². The number of nitrogens with zero attached hydrogens (tertiary/aromatic N) is 1. The first-order valence-corrected chi connectivity index (χ1v) is 6.91. The maximum Gasteiger partial charge on any atom is 0.184 e. The Morgan fingerprint density at radius 2 is 2.57 bits per heavy atom. The van der Waals surface area contributed by atoms with Crippen molar-refractivity contribution < 1.29 is 0 Å². The summed E-state index contributed by atoms with van der Waals surface area (Å²) in [6.45, 7) is 3.30. The zero-order valence-corrected chi connectivity index (χ0v) is 10.4. The molecule has 1 saturated heterocycles. The number of nitrogens with one attached hydrogen (secondary N) is 1. The van der Waals surface area contributed by atoms with Gasteiger partial charge in [-0.15, -0.1) is 11.3 Å². The number of halogens is 1. The van der Waals surface area contributed by atoms with E-state index >= 15 is 0 Å². The molecule has 0 aliphatic carbocycles. The van der Waals surface area contributed by atoms with E-state index in [0.29, 0.717) is 9.90 Å². The quantitative estimate of drug-likeness (QED) is 0.887. The van der Waals surface area contributed by atoms with Crippen molar-refractivity contribution in [1.82, 2.24) is 4.98 Å². The first-order chi connectivity index (χ1) is 6.68. The lowest BCUT2D eigenvalue weighted by Gasteiger charge is -2.22. The van der Waals surface area contributed by atoms with Crippen molar-refractivity contribution in [2.24, 2.45) is 0 Å². The molecular weight excluding hydrogens is 236 g/mol. The van der Waals surface area contributed by atoms with Crippen molar-refractivity contribution in [2.75, 3.05) is 17.6 Å². The van der Waals surface area contributed by atoms with Gasteiger partial charge in [-0.3, -0.25) is 0 Å². The fourth-order valence-corrected chi connectivity index (χ4v) is 3.65. The molecule has 14 heavy (non-hydrogen) atoms. The standard InChI is InChI=1S/C9H13ClN2S2/c1-9(3-2-4-14-9)6-11-8-12-7(10)5-13-8/h5H,2-4,6H2,1H3,(H,11,12). The summed E-state index contributed by atoms with van der Waals surface area (Å²) in [6.07, 6.45) is 2.63. The molecule has 0 saturated carbocycles. The number of thiazole rings is 1. The predicted octanol–water partition coefficient (Wildman–Crippen LogP) is 3.49. The maximum absolute atomic E-state index is 5.74. The van der Waals surface area contributed by atoms with Gasteiger partial charge in [-0.2, -0.15) is 11.8 Å². The highest BCUT2D eigenvalue weighted by Gasteiger charge is 2.29. The van der Waals surface area contributed by atoms with Crippen molar-refractivity contribution >= 4 is 39.8 Å². The Balaban J connectivity index is 1.87. The van der Waals surface area contributed by atoms with Crippen molar-refractivity contribution in [3.63, 3.8) is 0 Å². The molecule has 0 radical (unpaired) electrons. The SMILES string of the molecule is CC1(CNc2nc(Cl)cs2)CCCS1. The minimum Gasteiger partial charge on any atom is -0.360 e. The van der Waals surface area contributed by atoms with Crippen LogP contribution in [0.3, 0.4) is 0 Å². The predicted molar refractivity (Wildman–Crippen MR) is 65.7 cm³/mol. The molecule has 2 rings (SSSR count). The monoisotopic (exact) mass is 248 g/mol. The highest BCUT2D eigenvalue weighted by atomic mass is 35.5. The van der Waals surface area contributed by atoms with Crippen molar-refractivity contribution in [3.05, 3.63) is 10.5 Å². The third kappa shape index (κ3) is 2.55. The molecule has 1 N–H and O–H groups in total. The molecule has 0 spiro atoms. The molecule has 0 aromatic carbocycles. The summed E-state index contributed by atoms with van der Waals surface area (Å²) >= 11 is 9.36. The van der Waals surface area contributed by atoms with Gasteiger partial charge in [0.1, 0.15) is 5.15 Å². The van der Waals surface area contributed by atoms with Crippen LogP contribution in [0.1, 0.15) is 19.8 Å². The summed E-state index contributed by atoms with van der Waals surface area (Å²) in [5, 5.41) is 6.72. The van der Waals surface area contributed by atoms with Gasteiger partial charge in [0.05, 0.1) is 0 Å². The zero-order valence-electron chi connectivity index (χ0n) is 8.05. The molecule has 1 fully saturated rings. The van der Waals surface area contributed by atoms with Crippen molar-refractivity contribution in [1.29, 1.82) is 0 Å². The van der Waals surface area contributed by atoms with Crippen LogP contribution >= 0.6 is 34.7 Å². The lowest BCUT2D eigenvalue weighted by Crippen LogP contribution is -2.26. The first kappa shape index (κ1) is 10.6. The second-order valence-electron chi connectivity index (χ2n) is 3.73. The molecular formula is C9H13ClN2S2. The summed E-state index contributed by atoms with van der Waals surface area (Å²) in [4.78, 5) is 4.17. The molecule has 5 heteroatoms. The van der Waals surface area contributed by atoms with Crippen LogP contribution in [0.2, 0.25) is 5.15 Å². The molecule has 2 nitrogen and oxygen atoms in total. The van der Waals surface area contributed by atoms with Crippen molar-refractivity contribution in [2.45, 2.75) is 24.5 Å². The fourth-order valence-electron chi connectivity index (χ4n) is 1.57. The second kappa shape index (κ2) is 4.29. The Kier molecular flexibility index (Phi) is 3.24. The van der Waals surface area contributed by atoms with Crippen LogP contribution in [-0.4, -0.2) is 22.0 Å². The van der Waals surface area contributed by atoms with Gasteiger partial charge in [-0.25, -0.2) is 4.98 Å². The van der Waals surface area contributed by atoms with E-state index < -0.39 is 0 Å². The van der Waals surface area contributed by atoms with Gasteiger partial charge in [-0.05, 0) is 25.5 Å². The molecule has 78 valence electrons. The molecule has 1 aliphatic rings. The Labute approximate surface area is 97.5 Å². The van der Waals surface area contributed by atoms with E-state index in [4.69, 9.17) is 11.6 Å². The topological polar surface area (TPSA) is 24.9 Å². The molecule has 1 aromatic heterocycles. The summed E-state index contributed by atoms with van der Waals surface area (Å²) in [5.74, 6) is 1.29. The van der Waals surface area contributed by atoms with E-state index in [2.05, 4.69) is 29.0 Å². The third-order valence-electron chi connectivity index (χ3n) is 2.39. The molecule has 1 aliphatic heterocycles. The number of rotatable bonds is 3. The summed E-state index contributed by atoms with van der Waals surface area (Å²) in [5.41, 5.74) is 0. The Morgan fingerprint density at radius 1 is 1.71 bits per heavy atom. The molecule has 0 bridgehead atoms. The second-order valence-corrected chi connectivity index (χ2v) is 6.66. The van der Waals surface area contributed by atoms with E-state index in [1.54, 1.807) is 11.3 Å². The van der Waals surface area contributed by atoms with Crippen LogP contribution in [0.25, 0.3) is 0 Å². The lowest BCUT2D eigenvalue weighted by molar-refractivity contribution is 0.634. The van der Waals surface area contributed by atoms with Crippen LogP contribution in [0.4, 0.5) is 5.13 Å². The number of anilines is 1. The van der Waals surface area contributed by atoms with Gasteiger partial charge in [0, 0.05) is 16.7 Å². The summed E-state index contributed by atoms with van der Waals surface area (Å²) in [6, 6.07) is 0. The average Bonchev–Trinajstić information content (AvgIpc) is 2.73. The van der Waals surface area contributed by atoms with Crippen molar-refractivity contribution in [3.8, 4) is 0 Å². The zero-order chi connectivity index (χ0) is 10.0. The third-order valence-corrected chi connectivity index (χ3v) is 5.05. The minimum atomic E-state index is 0.387. The molecule has 0 amide bonds. The highest BCUT2D eigenvalue weighted by molar-refractivity contribution is 8.00. The van der Waals surface area contributed by atoms with Gasteiger partial charge >= 0.3 is 0 Å². The van der Waals surface area contributed by atoms with E-state index in [-0.39, 0.29) is 0 Å². The largest absolute Gasteiger partial charge is 0.360 e. The number of hydrogen-bond donors (Lipinski definition) is 1. The van der Waals surface area contributed by atoms with E-state index in [1.807, 2.05) is 5.38 Å². The van der Waals surface area contributed by atoms with Gasteiger partial charge < -0.3 is 5.32 Å². The lowest BCUT2D eigenvalue weighted by atomic mass is 10.1. The van der Waals surface area contributed by atoms with Gasteiger partial charge in [0.2, 0.25) is 0 Å². The van der Waals surface area contributed by atoms with E-state index in [1.165, 1.54) is 18.6 Å². The Morgan fingerprint density at radius 3 is 3.14 bits per heavy atom.